The second kappa shape index (κ2) is 6.18. The van der Waals surface area contributed by atoms with Gasteiger partial charge in [0.15, 0.2) is 0 Å². The standard InChI is InChI=1S/C15H17ClN4/c16-15-18-10-12(13-8-4-5-9-17-13)14(20-15)19-11-6-2-1-3-7-11/h4-5,8-11H,1-3,6-7H2,(H,18,19,20). The Morgan fingerprint density at radius 1 is 1.10 bits per heavy atom. The van der Waals surface area contributed by atoms with Gasteiger partial charge in [-0.25, -0.2) is 9.97 Å². The van der Waals surface area contributed by atoms with Crippen LogP contribution < -0.4 is 5.32 Å². The summed E-state index contributed by atoms with van der Waals surface area (Å²) in [6.45, 7) is 0. The van der Waals surface area contributed by atoms with Gasteiger partial charge in [0.2, 0.25) is 5.28 Å². The molecule has 1 N–H and O–H groups in total. The highest BCUT2D eigenvalue weighted by Crippen LogP contribution is 2.28. The molecule has 1 aliphatic carbocycles. The van der Waals surface area contributed by atoms with E-state index < -0.39 is 0 Å². The summed E-state index contributed by atoms with van der Waals surface area (Å²) in [4.78, 5) is 12.8. The summed E-state index contributed by atoms with van der Waals surface area (Å²) in [5, 5.41) is 3.78. The normalized spacial score (nSPS) is 16.1. The van der Waals surface area contributed by atoms with Crippen LogP contribution >= 0.6 is 11.6 Å². The van der Waals surface area contributed by atoms with Crippen molar-refractivity contribution < 1.29 is 0 Å². The van der Waals surface area contributed by atoms with Crippen molar-refractivity contribution in [3.05, 3.63) is 35.9 Å². The van der Waals surface area contributed by atoms with Crippen LogP contribution in [-0.4, -0.2) is 21.0 Å². The molecule has 5 heteroatoms. The van der Waals surface area contributed by atoms with Gasteiger partial charge >= 0.3 is 0 Å². The summed E-state index contributed by atoms with van der Waals surface area (Å²) in [5.74, 6) is 0.788. The van der Waals surface area contributed by atoms with Gasteiger partial charge in [0.05, 0.1) is 11.3 Å². The lowest BCUT2D eigenvalue weighted by molar-refractivity contribution is 0.462. The lowest BCUT2D eigenvalue weighted by atomic mass is 9.95. The predicted octanol–water partition coefficient (Wildman–Crippen LogP) is 3.94. The van der Waals surface area contributed by atoms with Crippen LogP contribution in [0, 0.1) is 0 Å². The summed E-state index contributed by atoms with van der Waals surface area (Å²) in [7, 11) is 0. The number of hydrogen-bond acceptors (Lipinski definition) is 4. The number of pyridine rings is 1. The highest BCUT2D eigenvalue weighted by atomic mass is 35.5. The third kappa shape index (κ3) is 3.07. The molecule has 3 rings (SSSR count). The average molecular weight is 289 g/mol. The summed E-state index contributed by atoms with van der Waals surface area (Å²) in [6.07, 6.45) is 9.75. The average Bonchev–Trinajstić information content (AvgIpc) is 2.49. The van der Waals surface area contributed by atoms with Gasteiger partial charge in [-0.2, -0.15) is 0 Å². The summed E-state index contributed by atoms with van der Waals surface area (Å²) < 4.78 is 0. The Morgan fingerprint density at radius 3 is 2.70 bits per heavy atom. The van der Waals surface area contributed by atoms with Crippen LogP contribution in [0.2, 0.25) is 5.28 Å². The Labute approximate surface area is 123 Å². The zero-order valence-corrected chi connectivity index (χ0v) is 12.0. The van der Waals surface area contributed by atoms with E-state index in [0.29, 0.717) is 6.04 Å². The maximum absolute atomic E-state index is 5.94. The smallest absolute Gasteiger partial charge is 0.224 e. The van der Waals surface area contributed by atoms with Gasteiger partial charge in [0.1, 0.15) is 5.82 Å². The highest BCUT2D eigenvalue weighted by Gasteiger charge is 2.17. The molecule has 0 radical (unpaired) electrons. The van der Waals surface area contributed by atoms with Crippen molar-refractivity contribution in [2.24, 2.45) is 0 Å². The molecule has 0 unspecified atom stereocenters. The maximum Gasteiger partial charge on any atom is 0.224 e. The molecule has 0 saturated heterocycles. The number of nitrogens with one attached hydrogen (secondary N) is 1. The first kappa shape index (κ1) is 13.3. The van der Waals surface area contributed by atoms with Gasteiger partial charge in [-0.15, -0.1) is 0 Å². The van der Waals surface area contributed by atoms with Crippen LogP contribution in [0.4, 0.5) is 5.82 Å². The molecular weight excluding hydrogens is 272 g/mol. The zero-order chi connectivity index (χ0) is 13.8. The fourth-order valence-corrected chi connectivity index (χ4v) is 2.75. The minimum Gasteiger partial charge on any atom is -0.367 e. The lowest BCUT2D eigenvalue weighted by Gasteiger charge is -2.24. The van der Waals surface area contributed by atoms with Crippen LogP contribution in [0.25, 0.3) is 11.3 Å². The molecule has 4 nitrogen and oxygen atoms in total. The Morgan fingerprint density at radius 2 is 1.95 bits per heavy atom. The van der Waals surface area contributed by atoms with Crippen LogP contribution in [0.5, 0.6) is 0 Å². The van der Waals surface area contributed by atoms with Gasteiger partial charge in [0.25, 0.3) is 0 Å². The molecule has 2 aromatic heterocycles. The van der Waals surface area contributed by atoms with Gasteiger partial charge in [-0.05, 0) is 36.6 Å². The number of hydrogen-bond donors (Lipinski definition) is 1. The molecule has 2 aromatic rings. The first-order valence-corrected chi connectivity index (χ1v) is 7.41. The van der Waals surface area contributed by atoms with E-state index in [1.165, 1.54) is 32.1 Å². The first-order chi connectivity index (χ1) is 9.83. The maximum atomic E-state index is 5.94. The predicted molar refractivity (Wildman–Crippen MR) is 80.8 cm³/mol. The number of anilines is 1. The first-order valence-electron chi connectivity index (χ1n) is 7.03. The van der Waals surface area contributed by atoms with Crippen LogP contribution in [-0.2, 0) is 0 Å². The minimum absolute atomic E-state index is 0.267. The van der Waals surface area contributed by atoms with Crippen molar-refractivity contribution in [2.75, 3.05) is 5.32 Å². The van der Waals surface area contributed by atoms with Gasteiger partial charge in [0, 0.05) is 18.4 Å². The summed E-state index contributed by atoms with van der Waals surface area (Å²) in [6, 6.07) is 6.28. The zero-order valence-electron chi connectivity index (χ0n) is 11.2. The largest absolute Gasteiger partial charge is 0.367 e. The Bertz CT molecular complexity index is 567. The molecule has 0 aliphatic heterocycles. The third-order valence-electron chi connectivity index (χ3n) is 3.65. The van der Waals surface area contributed by atoms with Crippen molar-refractivity contribution in [1.82, 2.24) is 15.0 Å². The Hall–Kier alpha value is -1.68. The van der Waals surface area contributed by atoms with Gasteiger partial charge < -0.3 is 5.32 Å². The van der Waals surface area contributed by atoms with E-state index in [0.717, 1.165) is 17.1 Å². The molecule has 0 bridgehead atoms. The molecule has 2 heterocycles. The quantitative estimate of drug-likeness (QED) is 0.869. The number of halogens is 1. The van der Waals surface area contributed by atoms with Crippen molar-refractivity contribution >= 4 is 17.4 Å². The topological polar surface area (TPSA) is 50.7 Å². The Balaban J connectivity index is 1.90. The number of aromatic nitrogens is 3. The third-order valence-corrected chi connectivity index (χ3v) is 3.83. The second-order valence-corrected chi connectivity index (χ2v) is 5.43. The monoisotopic (exact) mass is 288 g/mol. The molecule has 1 fully saturated rings. The van der Waals surface area contributed by atoms with E-state index in [-0.39, 0.29) is 5.28 Å². The van der Waals surface area contributed by atoms with Crippen LogP contribution in [0.15, 0.2) is 30.6 Å². The molecule has 20 heavy (non-hydrogen) atoms. The fourth-order valence-electron chi connectivity index (χ4n) is 2.62. The van der Waals surface area contributed by atoms with Crippen molar-refractivity contribution in [2.45, 2.75) is 38.1 Å². The van der Waals surface area contributed by atoms with Crippen molar-refractivity contribution in [3.8, 4) is 11.3 Å². The fraction of sp³-hybridized carbons (Fsp3) is 0.400. The molecule has 0 amide bonds. The van der Waals surface area contributed by atoms with E-state index in [1.807, 2.05) is 18.2 Å². The van der Waals surface area contributed by atoms with Crippen molar-refractivity contribution in [3.63, 3.8) is 0 Å². The molecule has 0 spiro atoms. The highest BCUT2D eigenvalue weighted by molar-refractivity contribution is 6.28. The summed E-state index contributed by atoms with van der Waals surface area (Å²) in [5.41, 5.74) is 1.77. The van der Waals surface area contributed by atoms with E-state index in [9.17, 15) is 0 Å². The van der Waals surface area contributed by atoms with E-state index >= 15 is 0 Å². The molecule has 1 saturated carbocycles. The molecule has 0 aromatic carbocycles. The van der Waals surface area contributed by atoms with E-state index in [1.54, 1.807) is 12.4 Å². The SMILES string of the molecule is Clc1ncc(-c2ccccn2)c(NC2CCCCC2)n1. The lowest BCUT2D eigenvalue weighted by Crippen LogP contribution is -2.23. The second-order valence-electron chi connectivity index (χ2n) is 5.10. The number of rotatable bonds is 3. The molecule has 104 valence electrons. The van der Waals surface area contributed by atoms with Crippen LogP contribution in [0.3, 0.4) is 0 Å². The summed E-state index contributed by atoms with van der Waals surface area (Å²) >= 11 is 5.94. The number of nitrogens with zero attached hydrogens (tertiary/aromatic N) is 3. The van der Waals surface area contributed by atoms with E-state index in [4.69, 9.17) is 11.6 Å². The van der Waals surface area contributed by atoms with Crippen molar-refractivity contribution in [1.29, 1.82) is 0 Å². The minimum atomic E-state index is 0.267. The van der Waals surface area contributed by atoms with Gasteiger partial charge in [-0.1, -0.05) is 25.3 Å². The van der Waals surface area contributed by atoms with Gasteiger partial charge in [-0.3, -0.25) is 4.98 Å². The Kier molecular flexibility index (Phi) is 4.11. The molecule has 1 aliphatic rings. The van der Waals surface area contributed by atoms with Crippen LogP contribution in [0.1, 0.15) is 32.1 Å². The molecule has 0 atom stereocenters. The van der Waals surface area contributed by atoms with E-state index in [2.05, 4.69) is 20.3 Å². The molecular formula is C15H17ClN4.